The third-order valence-electron chi connectivity index (χ3n) is 1.28. The molecule has 1 rings (SSSR count). The molecule has 1 aromatic heterocycles. The Morgan fingerprint density at radius 3 is 2.91 bits per heavy atom. The number of ether oxygens (including phenoxy) is 1. The number of rotatable bonds is 2. The summed E-state index contributed by atoms with van der Waals surface area (Å²) >= 11 is 0. The monoisotopic (exact) mass is 147 g/mol. The summed E-state index contributed by atoms with van der Waals surface area (Å²) in [5.74, 6) is 2.49. The van der Waals surface area contributed by atoms with Crippen LogP contribution < -0.4 is 0 Å². The smallest absolute Gasteiger partial charge is 0.0884 e. The van der Waals surface area contributed by atoms with E-state index in [0.717, 1.165) is 11.3 Å². The first-order valence-electron chi connectivity index (χ1n) is 3.27. The first-order chi connectivity index (χ1) is 5.36. The van der Waals surface area contributed by atoms with Crippen molar-refractivity contribution in [2.24, 2.45) is 0 Å². The average Bonchev–Trinajstić information content (AvgIpc) is 2.07. The fourth-order valence-corrected chi connectivity index (χ4v) is 0.743. The standard InChI is InChI=1S/C9H9NO/c1-3-8-4-5-9(7-11-2)10-6-8/h1,4-6H,7H2,2H3. The molecule has 1 heterocycles. The van der Waals surface area contributed by atoms with Gasteiger partial charge in [-0.1, -0.05) is 5.92 Å². The summed E-state index contributed by atoms with van der Waals surface area (Å²) in [6, 6.07) is 3.71. The molecule has 0 unspecified atom stereocenters. The molecule has 0 N–H and O–H groups in total. The number of hydrogen-bond donors (Lipinski definition) is 0. The summed E-state index contributed by atoms with van der Waals surface area (Å²) in [6.45, 7) is 0.533. The van der Waals surface area contributed by atoms with Gasteiger partial charge in [0.05, 0.1) is 12.3 Å². The average molecular weight is 147 g/mol. The molecule has 0 amide bonds. The van der Waals surface area contributed by atoms with E-state index in [9.17, 15) is 0 Å². The van der Waals surface area contributed by atoms with Crippen LogP contribution in [0, 0.1) is 12.3 Å². The number of nitrogens with zero attached hydrogens (tertiary/aromatic N) is 1. The van der Waals surface area contributed by atoms with Crippen molar-refractivity contribution >= 4 is 0 Å². The number of methoxy groups -OCH3 is 1. The van der Waals surface area contributed by atoms with Gasteiger partial charge < -0.3 is 4.74 Å². The lowest BCUT2D eigenvalue weighted by Gasteiger charge is -1.96. The van der Waals surface area contributed by atoms with E-state index in [1.165, 1.54) is 0 Å². The van der Waals surface area contributed by atoms with Crippen molar-refractivity contribution in [1.29, 1.82) is 0 Å². The predicted octanol–water partition coefficient (Wildman–Crippen LogP) is 1.21. The molecule has 0 spiro atoms. The second kappa shape index (κ2) is 3.75. The van der Waals surface area contributed by atoms with Gasteiger partial charge in [0.1, 0.15) is 0 Å². The van der Waals surface area contributed by atoms with Crippen molar-refractivity contribution in [3.05, 3.63) is 29.6 Å². The molecule has 0 bridgehead atoms. The van der Waals surface area contributed by atoms with Crippen molar-refractivity contribution in [3.8, 4) is 12.3 Å². The topological polar surface area (TPSA) is 22.1 Å². The van der Waals surface area contributed by atoms with Gasteiger partial charge in [0.25, 0.3) is 0 Å². The minimum absolute atomic E-state index is 0.533. The van der Waals surface area contributed by atoms with E-state index < -0.39 is 0 Å². The van der Waals surface area contributed by atoms with Gasteiger partial charge in [-0.2, -0.15) is 0 Å². The normalized spacial score (nSPS) is 9.09. The van der Waals surface area contributed by atoms with Crippen LogP contribution >= 0.6 is 0 Å². The highest BCUT2D eigenvalue weighted by Crippen LogP contribution is 1.99. The molecule has 2 nitrogen and oxygen atoms in total. The molecule has 0 saturated carbocycles. The fourth-order valence-electron chi connectivity index (χ4n) is 0.743. The highest BCUT2D eigenvalue weighted by Gasteiger charge is 1.91. The number of aromatic nitrogens is 1. The lowest BCUT2D eigenvalue weighted by atomic mass is 10.3. The van der Waals surface area contributed by atoms with Gasteiger partial charge in [0, 0.05) is 18.9 Å². The molecule has 0 aromatic carbocycles. The Labute approximate surface area is 66.2 Å². The van der Waals surface area contributed by atoms with E-state index in [-0.39, 0.29) is 0 Å². The molecule has 0 radical (unpaired) electrons. The molecule has 0 aliphatic heterocycles. The molecule has 2 heteroatoms. The highest BCUT2D eigenvalue weighted by molar-refractivity contribution is 5.29. The van der Waals surface area contributed by atoms with Gasteiger partial charge in [0.2, 0.25) is 0 Å². The van der Waals surface area contributed by atoms with Crippen LogP contribution in [0.4, 0.5) is 0 Å². The minimum atomic E-state index is 0.533. The zero-order valence-corrected chi connectivity index (χ0v) is 6.37. The van der Waals surface area contributed by atoms with Crippen LogP contribution in [0.15, 0.2) is 18.3 Å². The molecular formula is C9H9NO. The van der Waals surface area contributed by atoms with Gasteiger partial charge in [-0.25, -0.2) is 0 Å². The SMILES string of the molecule is C#Cc1ccc(COC)nc1. The molecule has 0 atom stereocenters. The van der Waals surface area contributed by atoms with Crippen molar-refractivity contribution < 1.29 is 4.74 Å². The largest absolute Gasteiger partial charge is 0.378 e. The van der Waals surface area contributed by atoms with Crippen molar-refractivity contribution in [3.63, 3.8) is 0 Å². The Hall–Kier alpha value is -1.33. The summed E-state index contributed by atoms with van der Waals surface area (Å²) in [6.07, 6.45) is 6.81. The van der Waals surface area contributed by atoms with Crippen molar-refractivity contribution in [1.82, 2.24) is 4.98 Å². The van der Waals surface area contributed by atoms with Crippen molar-refractivity contribution in [2.45, 2.75) is 6.61 Å². The van der Waals surface area contributed by atoms with Gasteiger partial charge in [-0.3, -0.25) is 4.98 Å². The summed E-state index contributed by atoms with van der Waals surface area (Å²) < 4.78 is 4.89. The minimum Gasteiger partial charge on any atom is -0.378 e. The van der Waals surface area contributed by atoms with Gasteiger partial charge in [-0.15, -0.1) is 6.42 Å². The maximum absolute atomic E-state index is 5.15. The summed E-state index contributed by atoms with van der Waals surface area (Å²) in [4.78, 5) is 4.07. The van der Waals surface area contributed by atoms with Crippen LogP contribution in [-0.2, 0) is 11.3 Å². The van der Waals surface area contributed by atoms with E-state index in [4.69, 9.17) is 11.2 Å². The van der Waals surface area contributed by atoms with Gasteiger partial charge in [-0.05, 0) is 12.1 Å². The molecule has 11 heavy (non-hydrogen) atoms. The van der Waals surface area contributed by atoms with E-state index >= 15 is 0 Å². The zero-order chi connectivity index (χ0) is 8.10. The molecule has 0 aliphatic carbocycles. The molecule has 1 aromatic rings. The summed E-state index contributed by atoms with van der Waals surface area (Å²) in [5, 5.41) is 0. The Kier molecular flexibility index (Phi) is 2.65. The first kappa shape index (κ1) is 7.77. The number of terminal acetylenes is 1. The first-order valence-corrected chi connectivity index (χ1v) is 3.27. The molecular weight excluding hydrogens is 138 g/mol. The van der Waals surface area contributed by atoms with Crippen molar-refractivity contribution in [2.75, 3.05) is 7.11 Å². The fraction of sp³-hybridized carbons (Fsp3) is 0.222. The van der Waals surface area contributed by atoms with Crippen LogP contribution in [0.5, 0.6) is 0 Å². The number of hydrogen-bond acceptors (Lipinski definition) is 2. The maximum atomic E-state index is 5.15. The summed E-state index contributed by atoms with van der Waals surface area (Å²) in [7, 11) is 1.64. The predicted molar refractivity (Wildman–Crippen MR) is 42.9 cm³/mol. The summed E-state index contributed by atoms with van der Waals surface area (Å²) in [5.41, 5.74) is 1.69. The van der Waals surface area contributed by atoms with Gasteiger partial charge >= 0.3 is 0 Å². The van der Waals surface area contributed by atoms with Crippen LogP contribution in [0.25, 0.3) is 0 Å². The lowest BCUT2D eigenvalue weighted by molar-refractivity contribution is 0.181. The van der Waals surface area contributed by atoms with Gasteiger partial charge in [0.15, 0.2) is 0 Å². The Morgan fingerprint density at radius 2 is 2.45 bits per heavy atom. The van der Waals surface area contributed by atoms with E-state index in [0.29, 0.717) is 6.61 Å². The molecule has 0 saturated heterocycles. The van der Waals surface area contributed by atoms with Crippen LogP contribution in [0.2, 0.25) is 0 Å². The van der Waals surface area contributed by atoms with E-state index in [1.54, 1.807) is 13.3 Å². The Morgan fingerprint density at radius 1 is 1.64 bits per heavy atom. The van der Waals surface area contributed by atoms with Crippen LogP contribution in [0.1, 0.15) is 11.3 Å². The van der Waals surface area contributed by atoms with E-state index in [1.807, 2.05) is 12.1 Å². The Balaban J connectivity index is 2.76. The molecule has 0 aliphatic rings. The lowest BCUT2D eigenvalue weighted by Crippen LogP contribution is -1.91. The van der Waals surface area contributed by atoms with Crippen LogP contribution in [0.3, 0.4) is 0 Å². The number of pyridine rings is 1. The maximum Gasteiger partial charge on any atom is 0.0884 e. The van der Waals surface area contributed by atoms with E-state index in [2.05, 4.69) is 10.9 Å². The van der Waals surface area contributed by atoms with Crippen LogP contribution in [-0.4, -0.2) is 12.1 Å². The second-order valence-electron chi connectivity index (χ2n) is 2.12. The second-order valence-corrected chi connectivity index (χ2v) is 2.12. The third-order valence-corrected chi connectivity index (χ3v) is 1.28. The molecule has 0 fully saturated rings. The third kappa shape index (κ3) is 2.06. The quantitative estimate of drug-likeness (QED) is 0.586. The highest BCUT2D eigenvalue weighted by atomic mass is 16.5. The molecule has 56 valence electrons. The zero-order valence-electron chi connectivity index (χ0n) is 6.37. The Bertz CT molecular complexity index is 258.